The summed E-state index contributed by atoms with van der Waals surface area (Å²) < 4.78 is 1.77. The second kappa shape index (κ2) is 8.49. The van der Waals surface area contributed by atoms with E-state index in [1.165, 1.54) is 5.56 Å². The highest BCUT2D eigenvalue weighted by Crippen LogP contribution is 2.28. The van der Waals surface area contributed by atoms with Crippen LogP contribution in [0.15, 0.2) is 54.9 Å². The molecule has 0 spiro atoms. The molecule has 4 rings (SSSR count). The highest BCUT2D eigenvalue weighted by atomic mass is 16.2. The number of aromatic nitrogens is 3. The van der Waals surface area contributed by atoms with Crippen LogP contribution in [0.3, 0.4) is 0 Å². The molecule has 3 heterocycles. The smallest absolute Gasteiger partial charge is 0.314 e. The van der Waals surface area contributed by atoms with Crippen molar-refractivity contribution in [1.82, 2.24) is 19.7 Å². The van der Waals surface area contributed by atoms with E-state index in [0.29, 0.717) is 30.4 Å². The number of amides is 2. The average molecular weight is 403 g/mol. The van der Waals surface area contributed by atoms with Crippen LogP contribution in [0, 0.1) is 13.8 Å². The minimum Gasteiger partial charge on any atom is -0.334 e. The van der Waals surface area contributed by atoms with Crippen molar-refractivity contribution in [2.24, 2.45) is 0 Å². The molecule has 7 heteroatoms. The van der Waals surface area contributed by atoms with E-state index in [1.54, 1.807) is 22.0 Å². The van der Waals surface area contributed by atoms with Gasteiger partial charge in [-0.1, -0.05) is 18.2 Å². The lowest BCUT2D eigenvalue weighted by Crippen LogP contribution is -2.43. The number of nitrogens with zero attached hydrogens (tertiary/aromatic N) is 4. The third-order valence-electron chi connectivity index (χ3n) is 5.68. The summed E-state index contributed by atoms with van der Waals surface area (Å²) in [5, 5.41) is 7.31. The van der Waals surface area contributed by atoms with E-state index in [1.807, 2.05) is 56.3 Å². The summed E-state index contributed by atoms with van der Waals surface area (Å²) in [6, 6.07) is 13.7. The lowest BCUT2D eigenvalue weighted by atomic mass is 9.90. The number of carbonyl (C=O) groups is 2. The van der Waals surface area contributed by atoms with Gasteiger partial charge in [-0.15, -0.1) is 0 Å². The van der Waals surface area contributed by atoms with Crippen LogP contribution >= 0.6 is 0 Å². The zero-order valence-electron chi connectivity index (χ0n) is 17.2. The molecule has 2 amide bonds. The summed E-state index contributed by atoms with van der Waals surface area (Å²) in [7, 11) is 0. The summed E-state index contributed by atoms with van der Waals surface area (Å²) in [6.45, 7) is 4.85. The van der Waals surface area contributed by atoms with Crippen molar-refractivity contribution in [2.75, 3.05) is 18.4 Å². The van der Waals surface area contributed by atoms with Gasteiger partial charge in [0.15, 0.2) is 0 Å². The predicted molar refractivity (Wildman–Crippen MR) is 114 cm³/mol. The molecule has 1 fully saturated rings. The third kappa shape index (κ3) is 3.96. The van der Waals surface area contributed by atoms with Gasteiger partial charge in [-0.25, -0.2) is 4.68 Å². The van der Waals surface area contributed by atoms with E-state index < -0.39 is 11.8 Å². The molecule has 3 aromatic rings. The average Bonchev–Trinajstić information content (AvgIpc) is 3.08. The van der Waals surface area contributed by atoms with Gasteiger partial charge in [0.1, 0.15) is 0 Å². The van der Waals surface area contributed by atoms with Crippen LogP contribution < -0.4 is 5.32 Å². The highest BCUT2D eigenvalue weighted by Gasteiger charge is 2.28. The van der Waals surface area contributed by atoms with Crippen LogP contribution in [-0.4, -0.2) is 44.6 Å². The van der Waals surface area contributed by atoms with Crippen molar-refractivity contribution in [2.45, 2.75) is 32.6 Å². The summed E-state index contributed by atoms with van der Waals surface area (Å²) >= 11 is 0. The SMILES string of the molecule is Cc1nn(-c2ccccc2)c(C)c1NC(=O)C(=O)N1CCC(c2ccncc2)CC1. The van der Waals surface area contributed by atoms with Crippen molar-refractivity contribution in [3.63, 3.8) is 0 Å². The van der Waals surface area contributed by atoms with E-state index in [0.717, 1.165) is 24.2 Å². The van der Waals surface area contributed by atoms with Crippen LogP contribution in [0.4, 0.5) is 5.69 Å². The number of benzene rings is 1. The molecular weight excluding hydrogens is 378 g/mol. The largest absolute Gasteiger partial charge is 0.334 e. The molecule has 0 atom stereocenters. The fraction of sp³-hybridized carbons (Fsp3) is 0.304. The van der Waals surface area contributed by atoms with Gasteiger partial charge in [0, 0.05) is 25.5 Å². The fourth-order valence-corrected chi connectivity index (χ4v) is 4.01. The van der Waals surface area contributed by atoms with Crippen molar-refractivity contribution in [3.8, 4) is 5.69 Å². The maximum atomic E-state index is 12.7. The molecule has 0 radical (unpaired) electrons. The molecule has 7 nitrogen and oxygen atoms in total. The van der Waals surface area contributed by atoms with Crippen molar-refractivity contribution >= 4 is 17.5 Å². The zero-order chi connectivity index (χ0) is 21.1. The van der Waals surface area contributed by atoms with Gasteiger partial charge in [-0.3, -0.25) is 14.6 Å². The Labute approximate surface area is 175 Å². The van der Waals surface area contributed by atoms with Gasteiger partial charge in [-0.2, -0.15) is 5.10 Å². The topological polar surface area (TPSA) is 80.1 Å². The third-order valence-corrected chi connectivity index (χ3v) is 5.68. The Kier molecular flexibility index (Phi) is 5.61. The Morgan fingerprint density at radius 1 is 1.00 bits per heavy atom. The van der Waals surface area contributed by atoms with Crippen molar-refractivity contribution in [1.29, 1.82) is 0 Å². The molecule has 1 aromatic carbocycles. The summed E-state index contributed by atoms with van der Waals surface area (Å²) in [5.41, 5.74) is 4.19. The number of likely N-dealkylation sites (tertiary alicyclic amines) is 1. The van der Waals surface area contributed by atoms with E-state index in [-0.39, 0.29) is 0 Å². The second-order valence-corrected chi connectivity index (χ2v) is 7.59. The summed E-state index contributed by atoms with van der Waals surface area (Å²) in [6.07, 6.45) is 5.27. The fourth-order valence-electron chi connectivity index (χ4n) is 4.01. The van der Waals surface area contributed by atoms with Crippen LogP contribution in [0.25, 0.3) is 5.69 Å². The summed E-state index contributed by atoms with van der Waals surface area (Å²) in [5.74, 6) is -0.709. The molecule has 30 heavy (non-hydrogen) atoms. The van der Waals surface area contributed by atoms with E-state index in [4.69, 9.17) is 0 Å². The first kappa shape index (κ1) is 19.8. The van der Waals surface area contributed by atoms with Crippen molar-refractivity contribution < 1.29 is 9.59 Å². The number of para-hydroxylation sites is 1. The standard InChI is InChI=1S/C23H25N5O2/c1-16-21(17(2)28(26-16)20-6-4-3-5-7-20)25-22(29)23(30)27-14-10-19(11-15-27)18-8-12-24-13-9-18/h3-9,12-13,19H,10-11,14-15H2,1-2H3,(H,25,29). The number of carbonyl (C=O) groups excluding carboxylic acids is 2. The lowest BCUT2D eigenvalue weighted by Gasteiger charge is -2.31. The Balaban J connectivity index is 1.41. The van der Waals surface area contributed by atoms with Crippen LogP contribution in [0.5, 0.6) is 0 Å². The Hall–Kier alpha value is -3.48. The minimum absolute atomic E-state index is 0.397. The quantitative estimate of drug-likeness (QED) is 0.681. The van der Waals surface area contributed by atoms with Gasteiger partial charge in [0.05, 0.1) is 22.8 Å². The number of anilines is 1. The second-order valence-electron chi connectivity index (χ2n) is 7.59. The maximum Gasteiger partial charge on any atom is 0.314 e. The Bertz CT molecular complexity index is 1040. The van der Waals surface area contributed by atoms with E-state index >= 15 is 0 Å². The Morgan fingerprint density at radius 2 is 1.67 bits per heavy atom. The number of hydrogen-bond acceptors (Lipinski definition) is 4. The Morgan fingerprint density at radius 3 is 2.33 bits per heavy atom. The number of rotatable bonds is 3. The molecular formula is C23H25N5O2. The molecule has 1 aliphatic rings. The molecule has 0 unspecified atom stereocenters. The molecule has 1 saturated heterocycles. The molecule has 0 saturated carbocycles. The van der Waals surface area contributed by atoms with Crippen LogP contribution in [0.2, 0.25) is 0 Å². The monoisotopic (exact) mass is 403 g/mol. The summed E-state index contributed by atoms with van der Waals surface area (Å²) in [4.78, 5) is 31.1. The normalized spacial score (nSPS) is 14.5. The van der Waals surface area contributed by atoms with E-state index in [2.05, 4.69) is 15.4 Å². The first-order valence-corrected chi connectivity index (χ1v) is 10.2. The van der Waals surface area contributed by atoms with Crippen molar-refractivity contribution in [3.05, 3.63) is 71.8 Å². The molecule has 1 aliphatic heterocycles. The predicted octanol–water partition coefficient (Wildman–Crippen LogP) is 3.23. The maximum absolute atomic E-state index is 12.7. The van der Waals surface area contributed by atoms with Crippen LogP contribution in [0.1, 0.15) is 35.7 Å². The number of aryl methyl sites for hydroxylation is 1. The van der Waals surface area contributed by atoms with Crippen LogP contribution in [-0.2, 0) is 9.59 Å². The molecule has 2 aromatic heterocycles. The number of nitrogens with one attached hydrogen (secondary N) is 1. The lowest BCUT2D eigenvalue weighted by molar-refractivity contribution is -0.143. The number of hydrogen-bond donors (Lipinski definition) is 1. The number of pyridine rings is 1. The van der Waals surface area contributed by atoms with Gasteiger partial charge >= 0.3 is 11.8 Å². The van der Waals surface area contributed by atoms with Gasteiger partial charge in [0.25, 0.3) is 0 Å². The zero-order valence-corrected chi connectivity index (χ0v) is 17.2. The van der Waals surface area contributed by atoms with Gasteiger partial charge < -0.3 is 10.2 Å². The van der Waals surface area contributed by atoms with Gasteiger partial charge in [0.2, 0.25) is 0 Å². The first-order chi connectivity index (χ1) is 14.5. The van der Waals surface area contributed by atoms with Gasteiger partial charge in [-0.05, 0) is 62.4 Å². The number of piperidine rings is 1. The highest BCUT2D eigenvalue weighted by molar-refractivity contribution is 6.39. The minimum atomic E-state index is -0.615. The van der Waals surface area contributed by atoms with E-state index in [9.17, 15) is 9.59 Å². The molecule has 1 N–H and O–H groups in total. The molecule has 0 bridgehead atoms. The molecule has 0 aliphatic carbocycles. The molecule has 154 valence electrons. The first-order valence-electron chi connectivity index (χ1n) is 10.2.